The zero-order valence-corrected chi connectivity index (χ0v) is 9.65. The SMILES string of the molecule is CS(=O)(=O)O[C@H]1[C@@H]2OC[C@@H](O2)[C@@H](O)[C@@H]1N=[N+]=[N-]. The number of hydrogen-bond acceptors (Lipinski definition) is 7. The summed E-state index contributed by atoms with van der Waals surface area (Å²) >= 11 is 0. The minimum absolute atomic E-state index is 0.104. The molecule has 0 amide bonds. The molecule has 0 radical (unpaired) electrons. The second-order valence-corrected chi connectivity index (χ2v) is 5.43. The molecule has 2 rings (SSSR count). The molecule has 2 aliphatic rings. The lowest BCUT2D eigenvalue weighted by Gasteiger charge is -2.34. The molecule has 2 fully saturated rings. The highest BCUT2D eigenvalue weighted by Gasteiger charge is 2.51. The van der Waals surface area contributed by atoms with Gasteiger partial charge in [0.15, 0.2) is 6.29 Å². The van der Waals surface area contributed by atoms with E-state index < -0.39 is 40.8 Å². The van der Waals surface area contributed by atoms with E-state index in [1.54, 1.807) is 0 Å². The van der Waals surface area contributed by atoms with Crippen molar-refractivity contribution in [1.82, 2.24) is 0 Å². The van der Waals surface area contributed by atoms with Gasteiger partial charge in [-0.3, -0.25) is 4.18 Å². The van der Waals surface area contributed by atoms with Gasteiger partial charge in [0.05, 0.1) is 25.0 Å². The number of aliphatic hydroxyl groups is 1. The number of hydrogen-bond donors (Lipinski definition) is 1. The highest BCUT2D eigenvalue weighted by molar-refractivity contribution is 7.86. The predicted molar refractivity (Wildman–Crippen MR) is 53.3 cm³/mol. The van der Waals surface area contributed by atoms with Gasteiger partial charge in [-0.05, 0) is 5.53 Å². The van der Waals surface area contributed by atoms with Gasteiger partial charge in [0.2, 0.25) is 0 Å². The Balaban J connectivity index is 2.27. The molecule has 9 nitrogen and oxygen atoms in total. The summed E-state index contributed by atoms with van der Waals surface area (Å²) in [6, 6.07) is -1.05. The molecular weight excluding hydrogens is 254 g/mol. The first-order valence-electron chi connectivity index (χ1n) is 4.80. The minimum Gasteiger partial charge on any atom is -0.390 e. The predicted octanol–water partition coefficient (Wildman–Crippen LogP) is -0.874. The lowest BCUT2D eigenvalue weighted by molar-refractivity contribution is -0.180. The first-order chi connectivity index (χ1) is 7.92. The number of ether oxygens (including phenoxy) is 2. The topological polar surface area (TPSA) is 131 Å². The first-order valence-corrected chi connectivity index (χ1v) is 6.61. The number of aliphatic hydroxyl groups excluding tert-OH is 1. The van der Waals surface area contributed by atoms with Crippen LogP contribution in [0.5, 0.6) is 0 Å². The fourth-order valence-corrected chi connectivity index (χ4v) is 2.47. The Bertz CT molecular complexity index is 447. The molecule has 2 heterocycles. The van der Waals surface area contributed by atoms with Gasteiger partial charge in [-0.25, -0.2) is 0 Å². The van der Waals surface area contributed by atoms with E-state index in [2.05, 4.69) is 10.0 Å². The Morgan fingerprint density at radius 1 is 1.59 bits per heavy atom. The van der Waals surface area contributed by atoms with Crippen LogP contribution in [-0.2, 0) is 23.8 Å². The summed E-state index contributed by atoms with van der Waals surface area (Å²) in [5, 5.41) is 13.2. The van der Waals surface area contributed by atoms with Gasteiger partial charge in [0.25, 0.3) is 10.1 Å². The van der Waals surface area contributed by atoms with E-state index in [1.807, 2.05) is 0 Å². The van der Waals surface area contributed by atoms with Gasteiger partial charge >= 0.3 is 0 Å². The number of nitrogens with zero attached hydrogens (tertiary/aromatic N) is 3. The van der Waals surface area contributed by atoms with E-state index in [-0.39, 0.29) is 6.61 Å². The zero-order chi connectivity index (χ0) is 12.6. The molecule has 96 valence electrons. The smallest absolute Gasteiger partial charge is 0.264 e. The van der Waals surface area contributed by atoms with Gasteiger partial charge in [0, 0.05) is 4.91 Å². The molecule has 0 aromatic heterocycles. The molecule has 0 saturated carbocycles. The molecule has 2 bridgehead atoms. The Kier molecular flexibility index (Phi) is 3.25. The Morgan fingerprint density at radius 3 is 2.88 bits per heavy atom. The van der Waals surface area contributed by atoms with Crippen LogP contribution in [0.1, 0.15) is 0 Å². The van der Waals surface area contributed by atoms with Gasteiger partial charge < -0.3 is 14.6 Å². The van der Waals surface area contributed by atoms with Gasteiger partial charge in [-0.15, -0.1) is 0 Å². The largest absolute Gasteiger partial charge is 0.390 e. The lowest BCUT2D eigenvalue weighted by atomic mass is 9.99. The van der Waals surface area contributed by atoms with Crippen LogP contribution in [0.4, 0.5) is 0 Å². The molecule has 0 aromatic rings. The summed E-state index contributed by atoms with van der Waals surface area (Å²) in [6.07, 6.45) is -3.05. The summed E-state index contributed by atoms with van der Waals surface area (Å²) in [5.41, 5.74) is 8.41. The van der Waals surface area contributed by atoms with Crippen LogP contribution in [0.2, 0.25) is 0 Å². The van der Waals surface area contributed by atoms with Crippen LogP contribution >= 0.6 is 0 Å². The maximum atomic E-state index is 11.1. The molecule has 1 N–H and O–H groups in total. The average molecular weight is 265 g/mol. The molecule has 0 unspecified atom stereocenters. The number of azide groups is 1. The van der Waals surface area contributed by atoms with Crippen molar-refractivity contribution < 1.29 is 27.2 Å². The van der Waals surface area contributed by atoms with Crippen LogP contribution in [-0.4, -0.2) is 57.0 Å². The molecule has 17 heavy (non-hydrogen) atoms. The van der Waals surface area contributed by atoms with E-state index in [9.17, 15) is 13.5 Å². The summed E-state index contributed by atoms with van der Waals surface area (Å²) < 4.78 is 37.2. The molecule has 0 spiro atoms. The molecule has 5 atom stereocenters. The summed E-state index contributed by atoms with van der Waals surface area (Å²) in [4.78, 5) is 2.57. The Morgan fingerprint density at radius 2 is 2.29 bits per heavy atom. The minimum atomic E-state index is -3.78. The highest BCUT2D eigenvalue weighted by Crippen LogP contribution is 2.32. The Hall–Kier alpha value is -0.900. The zero-order valence-electron chi connectivity index (χ0n) is 8.83. The Labute approximate surface area is 97.0 Å². The van der Waals surface area contributed by atoms with Crippen molar-refractivity contribution in [2.24, 2.45) is 5.11 Å². The highest BCUT2D eigenvalue weighted by atomic mass is 32.2. The van der Waals surface area contributed by atoms with Crippen LogP contribution in [0, 0.1) is 0 Å². The van der Waals surface area contributed by atoms with Crippen LogP contribution in [0.25, 0.3) is 10.4 Å². The van der Waals surface area contributed by atoms with Crippen LogP contribution in [0.3, 0.4) is 0 Å². The average Bonchev–Trinajstić information content (AvgIpc) is 2.65. The van der Waals surface area contributed by atoms with Gasteiger partial charge in [-0.1, -0.05) is 5.11 Å². The van der Waals surface area contributed by atoms with Crippen molar-refractivity contribution in [1.29, 1.82) is 0 Å². The quantitative estimate of drug-likeness (QED) is 0.305. The van der Waals surface area contributed by atoms with E-state index in [4.69, 9.17) is 19.2 Å². The van der Waals surface area contributed by atoms with Crippen LogP contribution in [0.15, 0.2) is 5.11 Å². The molecule has 0 aromatic carbocycles. The monoisotopic (exact) mass is 265 g/mol. The van der Waals surface area contributed by atoms with Crippen molar-refractivity contribution in [2.45, 2.75) is 30.6 Å². The number of fused-ring (bicyclic) bond motifs is 2. The second kappa shape index (κ2) is 4.41. The van der Waals surface area contributed by atoms with E-state index in [0.29, 0.717) is 0 Å². The van der Waals surface area contributed by atoms with Gasteiger partial charge in [0.1, 0.15) is 12.2 Å². The maximum Gasteiger partial charge on any atom is 0.264 e. The first kappa shape index (κ1) is 12.6. The lowest BCUT2D eigenvalue weighted by Crippen LogP contribution is -2.54. The fraction of sp³-hybridized carbons (Fsp3) is 1.00. The molecule has 0 aliphatic carbocycles. The summed E-state index contributed by atoms with van der Waals surface area (Å²) in [6.45, 7) is 0.104. The maximum absolute atomic E-state index is 11.1. The van der Waals surface area contributed by atoms with Crippen molar-refractivity contribution in [3.05, 3.63) is 10.4 Å². The third-order valence-electron chi connectivity index (χ3n) is 2.54. The molecule has 2 saturated heterocycles. The van der Waals surface area contributed by atoms with E-state index in [0.717, 1.165) is 6.26 Å². The number of rotatable bonds is 3. The molecule has 2 aliphatic heterocycles. The third-order valence-corrected chi connectivity index (χ3v) is 3.11. The van der Waals surface area contributed by atoms with Gasteiger partial charge in [-0.2, -0.15) is 8.42 Å². The van der Waals surface area contributed by atoms with Crippen LogP contribution < -0.4 is 0 Å². The molecule has 10 heteroatoms. The normalized spacial score (nSPS) is 40.9. The summed E-state index contributed by atoms with van der Waals surface area (Å²) in [5.74, 6) is 0. The standard InChI is InChI=1S/C7H11N3O6S/c1-17(12,13)16-6-4(9-10-8)5(11)3-2-14-7(6)15-3/h3-7,11H,2H2,1H3/t3-,4+,5-,6-,7-/m1/s1. The van der Waals surface area contributed by atoms with Crippen molar-refractivity contribution in [3.8, 4) is 0 Å². The molecular formula is C7H11N3O6S. The van der Waals surface area contributed by atoms with E-state index in [1.165, 1.54) is 0 Å². The second-order valence-electron chi connectivity index (χ2n) is 3.83. The third kappa shape index (κ3) is 2.51. The van der Waals surface area contributed by atoms with E-state index >= 15 is 0 Å². The van der Waals surface area contributed by atoms with Crippen molar-refractivity contribution >= 4 is 10.1 Å². The fourth-order valence-electron chi connectivity index (χ4n) is 1.86. The summed E-state index contributed by atoms with van der Waals surface area (Å²) in [7, 11) is -3.78. The van der Waals surface area contributed by atoms with Crippen molar-refractivity contribution in [2.75, 3.05) is 12.9 Å². The van der Waals surface area contributed by atoms with Crippen molar-refractivity contribution in [3.63, 3.8) is 0 Å².